The first-order valence-corrected chi connectivity index (χ1v) is 4.84. The molecule has 0 aromatic heterocycles. The van der Waals surface area contributed by atoms with Crippen LogP contribution in [0.2, 0.25) is 0 Å². The van der Waals surface area contributed by atoms with Crippen molar-refractivity contribution in [2.75, 3.05) is 11.0 Å². The molecule has 1 heterocycles. The van der Waals surface area contributed by atoms with E-state index in [-0.39, 0.29) is 0 Å². The van der Waals surface area contributed by atoms with Crippen LogP contribution >= 0.6 is 22.6 Å². The van der Waals surface area contributed by atoms with Crippen LogP contribution in [0.1, 0.15) is 19.3 Å². The zero-order valence-corrected chi connectivity index (χ0v) is 7.56. The Balaban J connectivity index is 2.11. The molecular weight excluding hydrogens is 227 g/mol. The quantitative estimate of drug-likeness (QED) is 0.542. The predicted molar refractivity (Wildman–Crippen MR) is 46.8 cm³/mol. The lowest BCUT2D eigenvalue weighted by atomic mass is 10.3. The molecule has 0 aromatic carbocycles. The van der Waals surface area contributed by atoms with Gasteiger partial charge in [-0.15, -0.1) is 0 Å². The summed E-state index contributed by atoms with van der Waals surface area (Å²) in [4.78, 5) is 0. The minimum absolute atomic E-state index is 0.913. The highest BCUT2D eigenvalue weighted by Gasteiger charge is 2.02. The SMILES string of the molecule is ICCCC1=CCCO1. The van der Waals surface area contributed by atoms with Crippen LogP contribution in [0.4, 0.5) is 0 Å². The van der Waals surface area contributed by atoms with Crippen molar-refractivity contribution in [3.8, 4) is 0 Å². The Labute approximate surface area is 69.6 Å². The molecule has 9 heavy (non-hydrogen) atoms. The highest BCUT2D eigenvalue weighted by molar-refractivity contribution is 14.1. The highest BCUT2D eigenvalue weighted by atomic mass is 127. The molecule has 0 saturated heterocycles. The summed E-state index contributed by atoms with van der Waals surface area (Å²) < 4.78 is 6.55. The summed E-state index contributed by atoms with van der Waals surface area (Å²) in [6.45, 7) is 0.913. The molecule has 52 valence electrons. The fraction of sp³-hybridized carbons (Fsp3) is 0.714. The summed E-state index contributed by atoms with van der Waals surface area (Å²) >= 11 is 2.39. The monoisotopic (exact) mass is 238 g/mol. The standard InChI is InChI=1S/C7H11IO/c8-5-1-3-7-4-2-6-9-7/h4H,1-3,5-6H2. The lowest BCUT2D eigenvalue weighted by Crippen LogP contribution is -1.85. The lowest BCUT2D eigenvalue weighted by molar-refractivity contribution is 0.234. The highest BCUT2D eigenvalue weighted by Crippen LogP contribution is 2.14. The number of hydrogen-bond acceptors (Lipinski definition) is 1. The topological polar surface area (TPSA) is 9.23 Å². The fourth-order valence-electron chi connectivity index (χ4n) is 0.884. The smallest absolute Gasteiger partial charge is 0.0921 e. The van der Waals surface area contributed by atoms with Gasteiger partial charge in [-0.1, -0.05) is 22.6 Å². The summed E-state index contributed by atoms with van der Waals surface area (Å²) in [5.74, 6) is 1.21. The average molecular weight is 238 g/mol. The second-order valence-corrected chi connectivity index (χ2v) is 3.18. The first-order valence-electron chi connectivity index (χ1n) is 3.31. The molecule has 1 aliphatic heterocycles. The van der Waals surface area contributed by atoms with Crippen molar-refractivity contribution in [3.05, 3.63) is 11.8 Å². The molecule has 1 rings (SSSR count). The molecule has 0 saturated carbocycles. The van der Waals surface area contributed by atoms with Gasteiger partial charge in [0.1, 0.15) is 0 Å². The van der Waals surface area contributed by atoms with E-state index in [2.05, 4.69) is 28.7 Å². The molecule has 0 amide bonds. The lowest BCUT2D eigenvalue weighted by Gasteiger charge is -1.99. The van der Waals surface area contributed by atoms with E-state index in [0.29, 0.717) is 0 Å². The summed E-state index contributed by atoms with van der Waals surface area (Å²) in [5, 5.41) is 0. The summed E-state index contributed by atoms with van der Waals surface area (Å²) in [7, 11) is 0. The third-order valence-electron chi connectivity index (χ3n) is 1.33. The van der Waals surface area contributed by atoms with Crippen molar-refractivity contribution < 1.29 is 4.74 Å². The van der Waals surface area contributed by atoms with Crippen molar-refractivity contribution in [1.82, 2.24) is 0 Å². The molecule has 1 aliphatic rings. The first kappa shape index (κ1) is 7.38. The van der Waals surface area contributed by atoms with Crippen molar-refractivity contribution in [2.45, 2.75) is 19.3 Å². The Bertz CT molecular complexity index is 109. The maximum atomic E-state index is 5.31. The summed E-state index contributed by atoms with van der Waals surface area (Å²) in [6, 6.07) is 0. The van der Waals surface area contributed by atoms with E-state index in [1.807, 2.05) is 0 Å². The van der Waals surface area contributed by atoms with Crippen LogP contribution in [0.15, 0.2) is 11.8 Å². The van der Waals surface area contributed by atoms with E-state index in [1.54, 1.807) is 0 Å². The number of alkyl halides is 1. The van der Waals surface area contributed by atoms with Crippen molar-refractivity contribution in [2.24, 2.45) is 0 Å². The van der Waals surface area contributed by atoms with Crippen LogP contribution in [-0.4, -0.2) is 11.0 Å². The van der Waals surface area contributed by atoms with E-state index < -0.39 is 0 Å². The van der Waals surface area contributed by atoms with E-state index in [9.17, 15) is 0 Å². The molecule has 1 nitrogen and oxygen atoms in total. The Morgan fingerprint density at radius 2 is 2.56 bits per heavy atom. The third-order valence-corrected chi connectivity index (χ3v) is 2.10. The van der Waals surface area contributed by atoms with Gasteiger partial charge in [-0.2, -0.15) is 0 Å². The van der Waals surface area contributed by atoms with Crippen LogP contribution in [0.3, 0.4) is 0 Å². The summed E-state index contributed by atoms with van der Waals surface area (Å²) in [5.41, 5.74) is 0. The van der Waals surface area contributed by atoms with E-state index >= 15 is 0 Å². The molecule has 0 aromatic rings. The largest absolute Gasteiger partial charge is 0.498 e. The molecule has 0 aliphatic carbocycles. The van der Waals surface area contributed by atoms with Gasteiger partial charge in [0.2, 0.25) is 0 Å². The summed E-state index contributed by atoms with van der Waals surface area (Å²) in [6.07, 6.45) is 5.72. The van der Waals surface area contributed by atoms with Crippen LogP contribution in [0, 0.1) is 0 Å². The van der Waals surface area contributed by atoms with Gasteiger partial charge in [-0.25, -0.2) is 0 Å². The molecule has 0 spiro atoms. The average Bonchev–Trinajstić information content (AvgIpc) is 2.34. The van der Waals surface area contributed by atoms with Gasteiger partial charge in [0.05, 0.1) is 12.4 Å². The van der Waals surface area contributed by atoms with Crippen molar-refractivity contribution in [3.63, 3.8) is 0 Å². The molecule has 0 fully saturated rings. The van der Waals surface area contributed by atoms with Crippen LogP contribution < -0.4 is 0 Å². The van der Waals surface area contributed by atoms with Crippen LogP contribution in [-0.2, 0) is 4.74 Å². The maximum absolute atomic E-state index is 5.31. The number of allylic oxidation sites excluding steroid dienone is 1. The molecule has 0 unspecified atom stereocenters. The molecular formula is C7H11IO. The maximum Gasteiger partial charge on any atom is 0.0921 e. The van der Waals surface area contributed by atoms with Gasteiger partial charge >= 0.3 is 0 Å². The molecule has 2 heteroatoms. The number of halogens is 1. The van der Waals surface area contributed by atoms with E-state index in [0.717, 1.165) is 19.4 Å². The minimum Gasteiger partial charge on any atom is -0.498 e. The first-order chi connectivity index (χ1) is 4.43. The molecule has 0 atom stereocenters. The second kappa shape index (κ2) is 4.14. The van der Waals surface area contributed by atoms with Gasteiger partial charge in [-0.3, -0.25) is 0 Å². The van der Waals surface area contributed by atoms with Gasteiger partial charge in [0.15, 0.2) is 0 Å². The van der Waals surface area contributed by atoms with Crippen molar-refractivity contribution in [1.29, 1.82) is 0 Å². The van der Waals surface area contributed by atoms with E-state index in [4.69, 9.17) is 4.74 Å². The Morgan fingerprint density at radius 3 is 3.11 bits per heavy atom. The normalized spacial score (nSPS) is 17.2. The number of ether oxygens (including phenoxy) is 1. The Morgan fingerprint density at radius 1 is 1.67 bits per heavy atom. The number of hydrogen-bond donors (Lipinski definition) is 0. The zero-order chi connectivity index (χ0) is 6.53. The van der Waals surface area contributed by atoms with Gasteiger partial charge in [0.25, 0.3) is 0 Å². The van der Waals surface area contributed by atoms with Crippen LogP contribution in [0.25, 0.3) is 0 Å². The number of rotatable bonds is 3. The van der Waals surface area contributed by atoms with Crippen LogP contribution in [0.5, 0.6) is 0 Å². The molecule has 0 radical (unpaired) electrons. The van der Waals surface area contributed by atoms with Gasteiger partial charge < -0.3 is 4.74 Å². The Kier molecular flexibility index (Phi) is 3.40. The second-order valence-electron chi connectivity index (χ2n) is 2.10. The van der Waals surface area contributed by atoms with E-state index in [1.165, 1.54) is 16.6 Å². The predicted octanol–water partition coefficient (Wildman–Crippen LogP) is 2.51. The Hall–Kier alpha value is 0.270. The minimum atomic E-state index is 0.913. The fourth-order valence-corrected chi connectivity index (χ4v) is 1.27. The third kappa shape index (κ3) is 2.56. The van der Waals surface area contributed by atoms with Gasteiger partial charge in [0, 0.05) is 12.8 Å². The van der Waals surface area contributed by atoms with Crippen molar-refractivity contribution >= 4 is 22.6 Å². The zero-order valence-electron chi connectivity index (χ0n) is 5.40. The molecule has 0 bridgehead atoms. The molecule has 0 N–H and O–H groups in total. The van der Waals surface area contributed by atoms with Gasteiger partial charge in [-0.05, 0) is 16.9 Å².